The van der Waals surface area contributed by atoms with Crippen LogP contribution in [0.2, 0.25) is 0 Å². The molecule has 1 aliphatic heterocycles. The minimum absolute atomic E-state index is 0.136. The van der Waals surface area contributed by atoms with Crippen LogP contribution in [0.15, 0.2) is 42.5 Å². The van der Waals surface area contributed by atoms with Gasteiger partial charge in [0.25, 0.3) is 0 Å². The van der Waals surface area contributed by atoms with E-state index in [1.54, 1.807) is 12.1 Å². The monoisotopic (exact) mass is 403 g/mol. The lowest BCUT2D eigenvalue weighted by Crippen LogP contribution is -2.45. The average molecular weight is 404 g/mol. The van der Waals surface area contributed by atoms with Gasteiger partial charge in [-0.2, -0.15) is 0 Å². The molecule has 28 heavy (non-hydrogen) atoms. The maximum Gasteiger partial charge on any atom is 0.229 e. The third-order valence-electron chi connectivity index (χ3n) is 5.34. The van der Waals surface area contributed by atoms with Gasteiger partial charge in [0.1, 0.15) is 0 Å². The lowest BCUT2D eigenvalue weighted by atomic mass is 9.85. The van der Waals surface area contributed by atoms with E-state index in [-0.39, 0.29) is 12.6 Å². The topological polar surface area (TPSA) is 82.5 Å². The number of benzene rings is 1. The number of hydrogen-bond donors (Lipinski definition) is 2. The highest BCUT2D eigenvalue weighted by Crippen LogP contribution is 2.32. The second-order valence-corrected chi connectivity index (χ2v) is 9.36. The normalized spacial score (nSPS) is 20.8. The van der Waals surface area contributed by atoms with Crippen LogP contribution in [0, 0.1) is 6.92 Å². The van der Waals surface area contributed by atoms with Crippen LogP contribution in [0.3, 0.4) is 0 Å². The Morgan fingerprint density at radius 3 is 2.61 bits per heavy atom. The van der Waals surface area contributed by atoms with Crippen LogP contribution in [0.1, 0.15) is 35.7 Å². The minimum atomic E-state index is -3.26. The van der Waals surface area contributed by atoms with Gasteiger partial charge in [-0.15, -0.1) is 0 Å². The highest BCUT2D eigenvalue weighted by Gasteiger charge is 2.28. The number of nitrogens with one attached hydrogen (secondary N) is 1. The molecular formula is C21H29N3O3S. The van der Waals surface area contributed by atoms with Crippen molar-refractivity contribution >= 4 is 15.7 Å². The first-order chi connectivity index (χ1) is 13.3. The average Bonchev–Trinajstić information content (AvgIpc) is 2.66. The quantitative estimate of drug-likeness (QED) is 0.742. The smallest absolute Gasteiger partial charge is 0.229 e. The number of sulfonamides is 1. The number of pyridine rings is 1. The van der Waals surface area contributed by atoms with E-state index in [1.807, 2.05) is 31.2 Å². The molecule has 2 unspecified atom stereocenters. The molecule has 6 nitrogen and oxygen atoms in total. The molecule has 152 valence electrons. The van der Waals surface area contributed by atoms with Crippen molar-refractivity contribution in [1.82, 2.24) is 9.88 Å². The molecule has 1 aromatic carbocycles. The number of nitrogens with zero attached hydrogens (tertiary/aromatic N) is 2. The van der Waals surface area contributed by atoms with Gasteiger partial charge < -0.3 is 5.11 Å². The lowest BCUT2D eigenvalue weighted by Gasteiger charge is -2.39. The van der Waals surface area contributed by atoms with Crippen molar-refractivity contribution in [2.24, 2.45) is 0 Å². The molecular weight excluding hydrogens is 374 g/mol. The Balaban J connectivity index is 1.59. The molecule has 0 amide bonds. The number of aliphatic hydroxyl groups excluding tert-OH is 1. The van der Waals surface area contributed by atoms with Crippen molar-refractivity contribution in [2.75, 3.05) is 30.7 Å². The van der Waals surface area contributed by atoms with Gasteiger partial charge in [-0.1, -0.05) is 18.2 Å². The molecule has 3 rings (SSSR count). The molecule has 0 aliphatic carbocycles. The van der Waals surface area contributed by atoms with Crippen LogP contribution in [0.5, 0.6) is 0 Å². The molecule has 1 aliphatic rings. The molecule has 0 saturated carbocycles. The summed E-state index contributed by atoms with van der Waals surface area (Å²) >= 11 is 0. The zero-order valence-electron chi connectivity index (χ0n) is 16.5. The second-order valence-electron chi connectivity index (χ2n) is 7.61. The number of hydrogen-bond acceptors (Lipinski definition) is 5. The van der Waals surface area contributed by atoms with E-state index in [1.165, 1.54) is 5.56 Å². The highest BCUT2D eigenvalue weighted by molar-refractivity contribution is 7.92. The molecule has 2 aromatic rings. The Hall–Kier alpha value is -1.96. The van der Waals surface area contributed by atoms with E-state index in [0.717, 1.165) is 50.0 Å². The van der Waals surface area contributed by atoms with Gasteiger partial charge in [0.15, 0.2) is 0 Å². The zero-order chi connectivity index (χ0) is 20.1. The molecule has 2 atom stereocenters. The summed E-state index contributed by atoms with van der Waals surface area (Å²) in [6.45, 7) is 3.98. The summed E-state index contributed by atoms with van der Waals surface area (Å²) < 4.78 is 25.2. The Kier molecular flexibility index (Phi) is 6.69. The highest BCUT2D eigenvalue weighted by atomic mass is 32.2. The van der Waals surface area contributed by atoms with Crippen molar-refractivity contribution < 1.29 is 13.5 Å². The van der Waals surface area contributed by atoms with Crippen LogP contribution >= 0.6 is 0 Å². The van der Waals surface area contributed by atoms with Gasteiger partial charge in [0.05, 0.1) is 12.9 Å². The fraction of sp³-hybridized carbons (Fsp3) is 0.476. The molecule has 1 aromatic heterocycles. The van der Waals surface area contributed by atoms with Crippen molar-refractivity contribution in [1.29, 1.82) is 0 Å². The van der Waals surface area contributed by atoms with Gasteiger partial charge in [0, 0.05) is 36.1 Å². The number of aliphatic hydroxyl groups is 1. The lowest BCUT2D eigenvalue weighted by molar-refractivity contribution is 0.0817. The number of aromatic nitrogens is 1. The number of rotatable bonds is 7. The summed E-state index contributed by atoms with van der Waals surface area (Å²) in [5, 5.41) is 9.91. The maximum atomic E-state index is 11.3. The molecule has 0 radical (unpaired) electrons. The van der Waals surface area contributed by atoms with E-state index in [0.29, 0.717) is 11.6 Å². The maximum absolute atomic E-state index is 11.3. The Bertz CT molecular complexity index is 884. The van der Waals surface area contributed by atoms with Crippen LogP contribution in [0.25, 0.3) is 0 Å². The summed E-state index contributed by atoms with van der Waals surface area (Å²) in [5.74, 6) is 0.373. The molecule has 0 spiro atoms. The molecule has 7 heteroatoms. The van der Waals surface area contributed by atoms with E-state index in [2.05, 4.69) is 20.7 Å². The number of anilines is 1. The first kappa shape index (κ1) is 20.8. The van der Waals surface area contributed by atoms with Gasteiger partial charge in [-0.05, 0) is 62.1 Å². The Morgan fingerprint density at radius 1 is 1.21 bits per heavy atom. The van der Waals surface area contributed by atoms with Crippen LogP contribution < -0.4 is 4.72 Å². The number of piperidine rings is 1. The Labute approximate surface area is 167 Å². The molecule has 2 N–H and O–H groups in total. The van der Waals surface area contributed by atoms with Crippen molar-refractivity contribution in [3.63, 3.8) is 0 Å². The van der Waals surface area contributed by atoms with Crippen molar-refractivity contribution in [3.8, 4) is 0 Å². The van der Waals surface area contributed by atoms with Crippen LogP contribution in [-0.4, -0.2) is 55.4 Å². The summed E-state index contributed by atoms with van der Waals surface area (Å²) in [7, 11) is -3.26. The van der Waals surface area contributed by atoms with E-state index < -0.39 is 10.0 Å². The van der Waals surface area contributed by atoms with Gasteiger partial charge in [-0.25, -0.2) is 8.42 Å². The van der Waals surface area contributed by atoms with Crippen LogP contribution in [-0.2, 0) is 16.4 Å². The van der Waals surface area contributed by atoms with Gasteiger partial charge >= 0.3 is 0 Å². The molecule has 1 fully saturated rings. The summed E-state index contributed by atoms with van der Waals surface area (Å²) in [6.07, 6.45) is 3.96. The second kappa shape index (κ2) is 9.03. The van der Waals surface area contributed by atoms with Gasteiger partial charge in [0.2, 0.25) is 10.0 Å². The van der Waals surface area contributed by atoms with Crippen molar-refractivity contribution in [3.05, 3.63) is 59.4 Å². The zero-order valence-corrected chi connectivity index (χ0v) is 17.3. The third-order valence-corrected chi connectivity index (χ3v) is 5.94. The molecule has 0 bridgehead atoms. The Morgan fingerprint density at radius 2 is 1.96 bits per heavy atom. The largest absolute Gasteiger partial charge is 0.395 e. The van der Waals surface area contributed by atoms with Gasteiger partial charge in [-0.3, -0.25) is 14.6 Å². The molecule has 2 heterocycles. The van der Waals surface area contributed by atoms with E-state index >= 15 is 0 Å². The van der Waals surface area contributed by atoms with E-state index in [4.69, 9.17) is 0 Å². The SMILES string of the molecule is Cc1cccc(CCN2CCC(c3ccc(NS(C)(=O)=O)cc3)CC2CO)n1. The predicted molar refractivity (Wildman–Crippen MR) is 112 cm³/mol. The fourth-order valence-electron chi connectivity index (χ4n) is 3.92. The summed E-state index contributed by atoms with van der Waals surface area (Å²) in [5.41, 5.74) is 3.89. The van der Waals surface area contributed by atoms with Crippen LogP contribution in [0.4, 0.5) is 5.69 Å². The first-order valence-electron chi connectivity index (χ1n) is 9.69. The predicted octanol–water partition coefficient (Wildman–Crippen LogP) is 2.54. The third kappa shape index (κ3) is 5.77. The summed E-state index contributed by atoms with van der Waals surface area (Å²) in [4.78, 5) is 6.93. The summed E-state index contributed by atoms with van der Waals surface area (Å²) in [6, 6.07) is 13.8. The fourth-order valence-corrected chi connectivity index (χ4v) is 4.49. The molecule has 1 saturated heterocycles. The standard InChI is InChI=1S/C21H29N3O3S/c1-16-4-3-5-19(22-16)11-13-24-12-10-18(14-21(24)15-25)17-6-8-20(9-7-17)23-28(2,26)27/h3-9,18,21,23,25H,10-15H2,1-2H3. The minimum Gasteiger partial charge on any atom is -0.395 e. The number of aryl methyl sites for hydroxylation is 1. The number of likely N-dealkylation sites (tertiary alicyclic amines) is 1. The first-order valence-corrected chi connectivity index (χ1v) is 11.6. The van der Waals surface area contributed by atoms with E-state index in [9.17, 15) is 13.5 Å². The van der Waals surface area contributed by atoms with Crippen molar-refractivity contribution in [2.45, 2.75) is 38.1 Å².